The molecule has 2 aromatic carbocycles. The monoisotopic (exact) mass is 321 g/mol. The van der Waals surface area contributed by atoms with Crippen LogP contribution in [0.2, 0.25) is 0 Å². The topological polar surface area (TPSA) is 49.9 Å². The average Bonchev–Trinajstić information content (AvgIpc) is 2.59. The standard InChI is InChI=1S/C19H15NO2S/c1-23-18-14-9-5-6-10-15(14)20-19(22)17(18)16(21)12-11-13-7-3-2-4-8-13/h2-12H,1H3,(H,20,22)/b12-11+. The van der Waals surface area contributed by atoms with Crippen LogP contribution in [-0.4, -0.2) is 17.0 Å². The first kappa shape index (κ1) is 15.3. The SMILES string of the molecule is CSc1c(C(=O)/C=C/c2ccccc2)c(=O)[nH]c2ccccc12. The zero-order valence-corrected chi connectivity index (χ0v) is 13.4. The van der Waals surface area contributed by atoms with Crippen molar-refractivity contribution in [3.05, 3.63) is 82.2 Å². The van der Waals surface area contributed by atoms with Gasteiger partial charge in [-0.15, -0.1) is 11.8 Å². The van der Waals surface area contributed by atoms with E-state index in [0.717, 1.165) is 16.5 Å². The molecule has 3 nitrogen and oxygen atoms in total. The zero-order chi connectivity index (χ0) is 16.2. The van der Waals surface area contributed by atoms with Gasteiger partial charge in [0.2, 0.25) is 0 Å². The van der Waals surface area contributed by atoms with Gasteiger partial charge >= 0.3 is 0 Å². The lowest BCUT2D eigenvalue weighted by Crippen LogP contribution is -2.18. The van der Waals surface area contributed by atoms with Crippen molar-refractivity contribution >= 4 is 34.5 Å². The molecule has 0 amide bonds. The number of allylic oxidation sites excluding steroid dienone is 1. The van der Waals surface area contributed by atoms with E-state index in [1.807, 2.05) is 60.9 Å². The Morgan fingerprint density at radius 2 is 1.74 bits per heavy atom. The van der Waals surface area contributed by atoms with E-state index < -0.39 is 0 Å². The summed E-state index contributed by atoms with van der Waals surface area (Å²) in [6.07, 6.45) is 5.05. The second-order valence-corrected chi connectivity index (χ2v) is 5.83. The van der Waals surface area contributed by atoms with Crippen molar-refractivity contribution in [2.45, 2.75) is 4.90 Å². The number of rotatable bonds is 4. The van der Waals surface area contributed by atoms with Gasteiger partial charge in [-0.25, -0.2) is 0 Å². The third kappa shape index (κ3) is 3.12. The van der Waals surface area contributed by atoms with Crippen LogP contribution in [0.4, 0.5) is 0 Å². The molecule has 1 N–H and O–H groups in total. The number of benzene rings is 2. The molecule has 1 aromatic heterocycles. The lowest BCUT2D eigenvalue weighted by atomic mass is 10.1. The van der Waals surface area contributed by atoms with Gasteiger partial charge in [-0.2, -0.15) is 0 Å². The van der Waals surface area contributed by atoms with Gasteiger partial charge in [-0.1, -0.05) is 54.6 Å². The molecular weight excluding hydrogens is 306 g/mol. The van der Waals surface area contributed by atoms with Gasteiger partial charge in [0.1, 0.15) is 5.56 Å². The molecule has 4 heteroatoms. The number of aromatic amines is 1. The fourth-order valence-electron chi connectivity index (χ4n) is 2.47. The molecule has 0 aliphatic carbocycles. The van der Waals surface area contributed by atoms with Gasteiger partial charge in [0, 0.05) is 15.8 Å². The Labute approximate surface area is 138 Å². The van der Waals surface area contributed by atoms with E-state index in [0.29, 0.717) is 4.90 Å². The van der Waals surface area contributed by atoms with Crippen LogP contribution < -0.4 is 5.56 Å². The maximum Gasteiger partial charge on any atom is 0.260 e. The molecule has 114 valence electrons. The molecule has 0 saturated carbocycles. The number of H-pyrrole nitrogens is 1. The summed E-state index contributed by atoms with van der Waals surface area (Å²) in [5.74, 6) is -0.287. The third-order valence-electron chi connectivity index (χ3n) is 3.55. The zero-order valence-electron chi connectivity index (χ0n) is 12.6. The lowest BCUT2D eigenvalue weighted by molar-refractivity contribution is 0.104. The van der Waals surface area contributed by atoms with Crippen LogP contribution in [0.15, 0.2) is 70.4 Å². The van der Waals surface area contributed by atoms with Crippen LogP contribution in [0.3, 0.4) is 0 Å². The minimum absolute atomic E-state index is 0.198. The Morgan fingerprint density at radius 3 is 2.48 bits per heavy atom. The number of pyridine rings is 1. The quantitative estimate of drug-likeness (QED) is 0.446. The molecule has 0 aliphatic heterocycles. The molecule has 23 heavy (non-hydrogen) atoms. The second kappa shape index (κ2) is 6.67. The summed E-state index contributed by atoms with van der Waals surface area (Å²) >= 11 is 1.41. The second-order valence-electron chi connectivity index (χ2n) is 5.02. The molecule has 0 atom stereocenters. The van der Waals surface area contributed by atoms with Crippen LogP contribution in [0, 0.1) is 0 Å². The van der Waals surface area contributed by atoms with E-state index in [4.69, 9.17) is 0 Å². The van der Waals surface area contributed by atoms with Gasteiger partial charge in [-0.3, -0.25) is 9.59 Å². The summed E-state index contributed by atoms with van der Waals surface area (Å²) in [7, 11) is 0. The number of para-hydroxylation sites is 1. The van der Waals surface area contributed by atoms with Crippen LogP contribution in [-0.2, 0) is 0 Å². The molecule has 0 bridgehead atoms. The number of hydrogen-bond acceptors (Lipinski definition) is 3. The van der Waals surface area contributed by atoms with Crippen LogP contribution >= 0.6 is 11.8 Å². The van der Waals surface area contributed by atoms with E-state index in [9.17, 15) is 9.59 Å². The fraction of sp³-hybridized carbons (Fsp3) is 0.0526. The maximum atomic E-state index is 12.5. The number of aromatic nitrogens is 1. The number of thioether (sulfide) groups is 1. The van der Waals surface area contributed by atoms with Crippen LogP contribution in [0.5, 0.6) is 0 Å². The number of hydrogen-bond donors (Lipinski definition) is 1. The highest BCUT2D eigenvalue weighted by molar-refractivity contribution is 7.99. The summed E-state index contributed by atoms with van der Waals surface area (Å²) < 4.78 is 0. The summed E-state index contributed by atoms with van der Waals surface area (Å²) in [5, 5.41) is 0.885. The summed E-state index contributed by atoms with van der Waals surface area (Å²) in [5.41, 5.74) is 1.51. The van der Waals surface area contributed by atoms with Gasteiger partial charge < -0.3 is 4.98 Å². The summed E-state index contributed by atoms with van der Waals surface area (Å²) in [6.45, 7) is 0. The first-order valence-electron chi connectivity index (χ1n) is 7.17. The number of ketones is 1. The van der Waals surface area contributed by atoms with Crippen molar-refractivity contribution in [2.24, 2.45) is 0 Å². The minimum atomic E-state index is -0.351. The summed E-state index contributed by atoms with van der Waals surface area (Å²) in [4.78, 5) is 28.4. The highest BCUT2D eigenvalue weighted by atomic mass is 32.2. The number of nitrogens with one attached hydrogen (secondary N) is 1. The molecule has 0 saturated heterocycles. The number of carbonyl (C=O) groups excluding carboxylic acids is 1. The lowest BCUT2D eigenvalue weighted by Gasteiger charge is -2.08. The maximum absolute atomic E-state index is 12.5. The number of fused-ring (bicyclic) bond motifs is 1. The van der Waals surface area contributed by atoms with E-state index >= 15 is 0 Å². The van der Waals surface area contributed by atoms with Crippen molar-refractivity contribution in [2.75, 3.05) is 6.26 Å². The smallest absolute Gasteiger partial charge is 0.260 e. The van der Waals surface area contributed by atoms with Gasteiger partial charge in [-0.05, 0) is 24.0 Å². The Hall–Kier alpha value is -2.59. The molecule has 0 aliphatic rings. The van der Waals surface area contributed by atoms with Crippen LogP contribution in [0.1, 0.15) is 15.9 Å². The Morgan fingerprint density at radius 1 is 1.04 bits per heavy atom. The normalized spacial score (nSPS) is 11.2. The number of carbonyl (C=O) groups is 1. The van der Waals surface area contributed by atoms with E-state index in [1.165, 1.54) is 17.8 Å². The predicted molar refractivity (Wildman–Crippen MR) is 96.2 cm³/mol. The predicted octanol–water partition coefficient (Wildman–Crippen LogP) is 4.15. The molecular formula is C19H15NO2S. The third-order valence-corrected chi connectivity index (χ3v) is 4.38. The molecule has 0 unspecified atom stereocenters. The van der Waals surface area contributed by atoms with Gasteiger partial charge in [0.15, 0.2) is 5.78 Å². The molecule has 3 rings (SSSR count). The van der Waals surface area contributed by atoms with E-state index in [1.54, 1.807) is 6.08 Å². The van der Waals surface area contributed by atoms with Crippen molar-refractivity contribution < 1.29 is 4.79 Å². The Balaban J connectivity index is 2.08. The van der Waals surface area contributed by atoms with Crippen molar-refractivity contribution in [1.82, 2.24) is 4.98 Å². The Bertz CT molecular complexity index is 942. The van der Waals surface area contributed by atoms with Crippen molar-refractivity contribution in [1.29, 1.82) is 0 Å². The van der Waals surface area contributed by atoms with E-state index in [2.05, 4.69) is 4.98 Å². The fourth-order valence-corrected chi connectivity index (χ4v) is 3.26. The molecule has 1 heterocycles. The van der Waals surface area contributed by atoms with Gasteiger partial charge in [0.05, 0.1) is 0 Å². The molecule has 0 spiro atoms. The Kier molecular flexibility index (Phi) is 4.44. The molecule has 0 fully saturated rings. The van der Waals surface area contributed by atoms with E-state index in [-0.39, 0.29) is 16.9 Å². The molecule has 0 radical (unpaired) electrons. The minimum Gasteiger partial charge on any atom is -0.321 e. The van der Waals surface area contributed by atoms with Crippen molar-refractivity contribution in [3.63, 3.8) is 0 Å². The highest BCUT2D eigenvalue weighted by Crippen LogP contribution is 2.27. The average molecular weight is 321 g/mol. The van der Waals surface area contributed by atoms with Crippen molar-refractivity contribution in [3.8, 4) is 0 Å². The first-order chi connectivity index (χ1) is 11.2. The summed E-state index contributed by atoms with van der Waals surface area (Å²) in [6, 6.07) is 17.0. The van der Waals surface area contributed by atoms with Crippen LogP contribution in [0.25, 0.3) is 17.0 Å². The highest BCUT2D eigenvalue weighted by Gasteiger charge is 2.16. The first-order valence-corrected chi connectivity index (χ1v) is 8.39. The largest absolute Gasteiger partial charge is 0.321 e. The van der Waals surface area contributed by atoms with Gasteiger partial charge in [0.25, 0.3) is 5.56 Å². The molecule has 3 aromatic rings.